The molecule has 80 valence electrons. The summed E-state index contributed by atoms with van der Waals surface area (Å²) >= 11 is 6.07. The standard InChI is InChI=1S/C12H13ClO2/c1-3-9-4-8-5-11(13)7(2)10(6-14)12(8)15-9/h4-5,14H,3,6H2,1-2H3. The first-order chi connectivity index (χ1) is 7.17. The molecular formula is C12H13ClO2. The maximum Gasteiger partial charge on any atom is 0.140 e. The molecule has 2 nitrogen and oxygen atoms in total. The summed E-state index contributed by atoms with van der Waals surface area (Å²) in [5, 5.41) is 10.9. The van der Waals surface area contributed by atoms with Crippen LogP contribution in [0.25, 0.3) is 11.0 Å². The van der Waals surface area contributed by atoms with Crippen molar-refractivity contribution >= 4 is 22.6 Å². The summed E-state index contributed by atoms with van der Waals surface area (Å²) in [6.07, 6.45) is 0.843. The van der Waals surface area contributed by atoms with Gasteiger partial charge in [0.2, 0.25) is 0 Å². The van der Waals surface area contributed by atoms with Gasteiger partial charge in [0.15, 0.2) is 0 Å². The topological polar surface area (TPSA) is 33.4 Å². The lowest BCUT2D eigenvalue weighted by atomic mass is 10.1. The molecule has 1 N–H and O–H groups in total. The van der Waals surface area contributed by atoms with Crippen molar-refractivity contribution in [3.63, 3.8) is 0 Å². The first-order valence-corrected chi connectivity index (χ1v) is 5.36. The molecule has 0 spiro atoms. The van der Waals surface area contributed by atoms with Gasteiger partial charge >= 0.3 is 0 Å². The lowest BCUT2D eigenvalue weighted by Gasteiger charge is -2.05. The zero-order valence-electron chi connectivity index (χ0n) is 8.80. The number of fused-ring (bicyclic) bond motifs is 1. The van der Waals surface area contributed by atoms with E-state index in [9.17, 15) is 5.11 Å². The minimum absolute atomic E-state index is 0.0421. The highest BCUT2D eigenvalue weighted by molar-refractivity contribution is 6.32. The molecule has 0 radical (unpaired) electrons. The van der Waals surface area contributed by atoms with Crippen molar-refractivity contribution < 1.29 is 9.52 Å². The maximum absolute atomic E-state index is 9.30. The average molecular weight is 225 g/mol. The number of aliphatic hydroxyl groups is 1. The van der Waals surface area contributed by atoms with E-state index in [1.807, 2.05) is 26.0 Å². The summed E-state index contributed by atoms with van der Waals surface area (Å²) in [5.41, 5.74) is 2.44. The van der Waals surface area contributed by atoms with Crippen LogP contribution in [-0.4, -0.2) is 5.11 Å². The molecule has 1 aromatic carbocycles. The molecule has 0 saturated carbocycles. The molecule has 0 atom stereocenters. The molecule has 3 heteroatoms. The van der Waals surface area contributed by atoms with Crippen LogP contribution < -0.4 is 0 Å². The monoisotopic (exact) mass is 224 g/mol. The number of aryl methyl sites for hydroxylation is 1. The van der Waals surface area contributed by atoms with Gasteiger partial charge in [-0.3, -0.25) is 0 Å². The molecule has 0 amide bonds. The van der Waals surface area contributed by atoms with Crippen LogP contribution >= 0.6 is 11.6 Å². The molecule has 0 bridgehead atoms. The van der Waals surface area contributed by atoms with E-state index in [0.29, 0.717) is 5.02 Å². The van der Waals surface area contributed by atoms with E-state index in [1.165, 1.54) is 0 Å². The number of furan rings is 1. The molecule has 15 heavy (non-hydrogen) atoms. The fourth-order valence-electron chi connectivity index (χ4n) is 1.73. The van der Waals surface area contributed by atoms with Crippen molar-refractivity contribution in [1.82, 2.24) is 0 Å². The Balaban J connectivity index is 2.79. The largest absolute Gasteiger partial charge is 0.461 e. The average Bonchev–Trinajstić information content (AvgIpc) is 2.62. The lowest BCUT2D eigenvalue weighted by molar-refractivity contribution is 0.280. The molecule has 2 rings (SSSR count). The molecule has 0 aliphatic carbocycles. The Hall–Kier alpha value is -0.990. The third kappa shape index (κ3) is 1.64. The van der Waals surface area contributed by atoms with Crippen LogP contribution in [0.3, 0.4) is 0 Å². The molecule has 0 fully saturated rings. The summed E-state index contributed by atoms with van der Waals surface area (Å²) in [5.74, 6) is 0.918. The van der Waals surface area contributed by atoms with Crippen molar-refractivity contribution in [1.29, 1.82) is 0 Å². The van der Waals surface area contributed by atoms with Gasteiger partial charge in [-0.05, 0) is 24.6 Å². The number of benzene rings is 1. The quantitative estimate of drug-likeness (QED) is 0.848. The van der Waals surface area contributed by atoms with E-state index in [2.05, 4.69) is 0 Å². The number of hydrogen-bond donors (Lipinski definition) is 1. The van der Waals surface area contributed by atoms with Gasteiger partial charge in [-0.1, -0.05) is 18.5 Å². The van der Waals surface area contributed by atoms with Gasteiger partial charge in [0.1, 0.15) is 11.3 Å². The summed E-state index contributed by atoms with van der Waals surface area (Å²) in [7, 11) is 0. The Morgan fingerprint density at radius 2 is 2.13 bits per heavy atom. The predicted molar refractivity (Wildman–Crippen MR) is 61.3 cm³/mol. The van der Waals surface area contributed by atoms with E-state index in [0.717, 1.165) is 34.3 Å². The molecule has 1 heterocycles. The third-order valence-corrected chi connectivity index (χ3v) is 3.08. The zero-order chi connectivity index (χ0) is 11.0. The normalized spacial score (nSPS) is 11.2. The second-order valence-electron chi connectivity index (χ2n) is 3.60. The van der Waals surface area contributed by atoms with Gasteiger partial charge in [0, 0.05) is 22.4 Å². The van der Waals surface area contributed by atoms with Gasteiger partial charge in [-0.2, -0.15) is 0 Å². The number of halogens is 1. The second-order valence-corrected chi connectivity index (χ2v) is 4.01. The predicted octanol–water partition coefficient (Wildman–Crippen LogP) is 3.45. The van der Waals surface area contributed by atoms with E-state index < -0.39 is 0 Å². The maximum atomic E-state index is 9.30. The van der Waals surface area contributed by atoms with E-state index in [-0.39, 0.29) is 6.61 Å². The zero-order valence-corrected chi connectivity index (χ0v) is 9.56. The van der Waals surface area contributed by atoms with Gasteiger partial charge < -0.3 is 9.52 Å². The van der Waals surface area contributed by atoms with Crippen LogP contribution in [0.1, 0.15) is 23.8 Å². The summed E-state index contributed by atoms with van der Waals surface area (Å²) in [6, 6.07) is 3.86. The molecular weight excluding hydrogens is 212 g/mol. The third-order valence-electron chi connectivity index (χ3n) is 2.69. The van der Waals surface area contributed by atoms with Gasteiger partial charge in [-0.15, -0.1) is 0 Å². The van der Waals surface area contributed by atoms with Crippen LogP contribution in [0, 0.1) is 6.92 Å². The first-order valence-electron chi connectivity index (χ1n) is 4.98. The van der Waals surface area contributed by atoms with Crippen LogP contribution in [0.15, 0.2) is 16.5 Å². The summed E-state index contributed by atoms with van der Waals surface area (Å²) in [4.78, 5) is 0. The molecule has 0 aliphatic heterocycles. The van der Waals surface area contributed by atoms with Crippen LogP contribution in [0.5, 0.6) is 0 Å². The summed E-state index contributed by atoms with van der Waals surface area (Å²) in [6.45, 7) is 3.88. The Labute approximate surface area is 93.5 Å². The Morgan fingerprint density at radius 3 is 2.73 bits per heavy atom. The fraction of sp³-hybridized carbons (Fsp3) is 0.333. The number of hydrogen-bond acceptors (Lipinski definition) is 2. The Morgan fingerprint density at radius 1 is 1.40 bits per heavy atom. The van der Waals surface area contributed by atoms with Gasteiger partial charge in [0.05, 0.1) is 6.61 Å². The highest BCUT2D eigenvalue weighted by Gasteiger charge is 2.12. The smallest absolute Gasteiger partial charge is 0.140 e. The van der Waals surface area contributed by atoms with Crippen molar-refractivity contribution in [2.45, 2.75) is 26.9 Å². The second kappa shape index (κ2) is 3.87. The molecule has 0 unspecified atom stereocenters. The summed E-state index contributed by atoms with van der Waals surface area (Å²) < 4.78 is 5.66. The van der Waals surface area contributed by atoms with E-state index in [1.54, 1.807) is 0 Å². The minimum Gasteiger partial charge on any atom is -0.461 e. The van der Waals surface area contributed by atoms with Gasteiger partial charge in [-0.25, -0.2) is 0 Å². The van der Waals surface area contributed by atoms with Gasteiger partial charge in [0.25, 0.3) is 0 Å². The fourth-order valence-corrected chi connectivity index (χ4v) is 1.96. The van der Waals surface area contributed by atoms with Crippen molar-refractivity contribution in [2.24, 2.45) is 0 Å². The highest BCUT2D eigenvalue weighted by Crippen LogP contribution is 2.31. The Bertz CT molecular complexity index is 500. The van der Waals surface area contributed by atoms with Crippen molar-refractivity contribution in [2.75, 3.05) is 0 Å². The van der Waals surface area contributed by atoms with E-state index in [4.69, 9.17) is 16.0 Å². The van der Waals surface area contributed by atoms with Crippen molar-refractivity contribution in [3.05, 3.63) is 34.0 Å². The highest BCUT2D eigenvalue weighted by atomic mass is 35.5. The molecule has 0 aliphatic rings. The Kier molecular flexibility index (Phi) is 2.72. The number of aliphatic hydroxyl groups excluding tert-OH is 1. The van der Waals surface area contributed by atoms with Crippen LogP contribution in [-0.2, 0) is 13.0 Å². The SMILES string of the molecule is CCc1cc2cc(Cl)c(C)c(CO)c2o1. The first kappa shape index (κ1) is 10.5. The molecule has 2 aromatic rings. The number of rotatable bonds is 2. The van der Waals surface area contributed by atoms with E-state index >= 15 is 0 Å². The van der Waals surface area contributed by atoms with Crippen molar-refractivity contribution in [3.8, 4) is 0 Å². The molecule has 1 aromatic heterocycles. The van der Waals surface area contributed by atoms with Crippen LogP contribution in [0.2, 0.25) is 5.02 Å². The lowest BCUT2D eigenvalue weighted by Crippen LogP contribution is -1.90. The van der Waals surface area contributed by atoms with Crippen LogP contribution in [0.4, 0.5) is 0 Å². The minimum atomic E-state index is -0.0421. The molecule has 0 saturated heterocycles.